The molecule has 29 heavy (non-hydrogen) atoms. The number of hydrogen-bond donors (Lipinski definition) is 2. The molecule has 0 spiro atoms. The molecule has 0 bridgehead atoms. The van der Waals surface area contributed by atoms with Gasteiger partial charge in [0.2, 0.25) is 0 Å². The molecular formula is C20H32IN5O2S. The molecule has 1 aromatic heterocycles. The van der Waals surface area contributed by atoms with E-state index in [-0.39, 0.29) is 35.1 Å². The molecule has 0 aliphatic carbocycles. The third-order valence-electron chi connectivity index (χ3n) is 4.38. The Labute approximate surface area is 191 Å². The van der Waals surface area contributed by atoms with E-state index in [0.717, 1.165) is 25.1 Å². The lowest BCUT2D eigenvalue weighted by atomic mass is 9.87. The van der Waals surface area contributed by atoms with Crippen molar-refractivity contribution in [3.63, 3.8) is 0 Å². The van der Waals surface area contributed by atoms with Crippen LogP contribution in [0.15, 0.2) is 52.6 Å². The molecule has 0 radical (unpaired) electrons. The summed E-state index contributed by atoms with van der Waals surface area (Å²) in [4.78, 5) is 4.48. The van der Waals surface area contributed by atoms with Gasteiger partial charge >= 0.3 is 0 Å². The van der Waals surface area contributed by atoms with Gasteiger partial charge in [0, 0.05) is 39.1 Å². The van der Waals surface area contributed by atoms with Gasteiger partial charge < -0.3 is 10.6 Å². The summed E-state index contributed by atoms with van der Waals surface area (Å²) in [6.07, 6.45) is 4.57. The molecule has 0 saturated carbocycles. The van der Waals surface area contributed by atoms with Crippen molar-refractivity contribution in [2.24, 2.45) is 4.99 Å². The summed E-state index contributed by atoms with van der Waals surface area (Å²) < 4.78 is 27.0. The monoisotopic (exact) mass is 533 g/mol. The van der Waals surface area contributed by atoms with E-state index in [9.17, 15) is 8.42 Å². The number of halogens is 1. The lowest BCUT2D eigenvalue weighted by molar-refractivity contribution is 0.570. The minimum atomic E-state index is -3.34. The number of aliphatic imine (C=N–C) groups is 1. The van der Waals surface area contributed by atoms with E-state index in [1.807, 2.05) is 29.1 Å². The first-order valence-corrected chi connectivity index (χ1v) is 11.1. The Bertz CT molecular complexity index is 857. The standard InChI is InChI=1S/C20H31N5O2S.HI/c1-20(2,3)17-7-9-18(10-8-17)28(26,27)16-13-23-19(21-4)22-11-5-14-25-15-6-12-24-25;/h6-10,12,15H,5,11,13-14,16H2,1-4H3,(H2,21,22,23);1H. The molecule has 2 N–H and O–H groups in total. The zero-order valence-corrected chi connectivity index (χ0v) is 20.7. The second kappa shape index (κ2) is 11.5. The van der Waals surface area contributed by atoms with Gasteiger partial charge in [0.1, 0.15) is 0 Å². The summed E-state index contributed by atoms with van der Waals surface area (Å²) >= 11 is 0. The third kappa shape index (κ3) is 8.33. The highest BCUT2D eigenvalue weighted by molar-refractivity contribution is 14.0. The van der Waals surface area contributed by atoms with Gasteiger partial charge in [-0.2, -0.15) is 5.10 Å². The van der Waals surface area contributed by atoms with Crippen LogP contribution in [0.2, 0.25) is 0 Å². The average Bonchev–Trinajstić information content (AvgIpc) is 3.16. The summed E-state index contributed by atoms with van der Waals surface area (Å²) in [7, 11) is -1.67. The van der Waals surface area contributed by atoms with Crippen molar-refractivity contribution in [1.29, 1.82) is 0 Å². The number of nitrogens with zero attached hydrogens (tertiary/aromatic N) is 3. The summed E-state index contributed by atoms with van der Waals surface area (Å²) in [5.41, 5.74) is 1.11. The molecule has 7 nitrogen and oxygen atoms in total. The summed E-state index contributed by atoms with van der Waals surface area (Å²) in [5, 5.41) is 10.4. The van der Waals surface area contributed by atoms with Gasteiger partial charge in [-0.05, 0) is 35.6 Å². The van der Waals surface area contributed by atoms with Crippen LogP contribution < -0.4 is 10.6 Å². The quantitative estimate of drug-likeness (QED) is 0.236. The van der Waals surface area contributed by atoms with Gasteiger partial charge in [-0.1, -0.05) is 32.9 Å². The topological polar surface area (TPSA) is 88.4 Å². The van der Waals surface area contributed by atoms with E-state index in [1.54, 1.807) is 25.4 Å². The van der Waals surface area contributed by atoms with E-state index in [4.69, 9.17) is 0 Å². The highest BCUT2D eigenvalue weighted by Gasteiger charge is 2.17. The number of guanidine groups is 1. The van der Waals surface area contributed by atoms with Crippen LogP contribution in [0.4, 0.5) is 0 Å². The van der Waals surface area contributed by atoms with Crippen molar-refractivity contribution in [3.05, 3.63) is 48.3 Å². The lowest BCUT2D eigenvalue weighted by Crippen LogP contribution is -2.40. The summed E-state index contributed by atoms with van der Waals surface area (Å²) in [6.45, 7) is 8.15. The van der Waals surface area contributed by atoms with Crippen LogP contribution in [0.1, 0.15) is 32.8 Å². The van der Waals surface area contributed by atoms with E-state index in [0.29, 0.717) is 17.4 Å². The lowest BCUT2D eigenvalue weighted by Gasteiger charge is -2.19. The fraction of sp³-hybridized carbons (Fsp3) is 0.500. The van der Waals surface area contributed by atoms with Crippen molar-refractivity contribution in [2.75, 3.05) is 25.9 Å². The number of aryl methyl sites for hydroxylation is 1. The van der Waals surface area contributed by atoms with Crippen molar-refractivity contribution in [3.8, 4) is 0 Å². The van der Waals surface area contributed by atoms with Crippen LogP contribution in [0.5, 0.6) is 0 Å². The van der Waals surface area contributed by atoms with Crippen molar-refractivity contribution < 1.29 is 8.42 Å². The average molecular weight is 533 g/mol. The largest absolute Gasteiger partial charge is 0.356 e. The molecule has 1 aromatic carbocycles. The molecule has 0 saturated heterocycles. The van der Waals surface area contributed by atoms with Gasteiger partial charge in [0.25, 0.3) is 0 Å². The first-order valence-electron chi connectivity index (χ1n) is 9.47. The van der Waals surface area contributed by atoms with Crippen molar-refractivity contribution in [1.82, 2.24) is 20.4 Å². The predicted octanol–water partition coefficient (Wildman–Crippen LogP) is 2.83. The smallest absolute Gasteiger partial charge is 0.191 e. The molecule has 0 fully saturated rings. The van der Waals surface area contributed by atoms with Gasteiger partial charge in [0.15, 0.2) is 15.8 Å². The highest BCUT2D eigenvalue weighted by atomic mass is 127. The molecule has 0 unspecified atom stereocenters. The normalized spacial score (nSPS) is 12.3. The van der Waals surface area contributed by atoms with Gasteiger partial charge in [0.05, 0.1) is 10.6 Å². The third-order valence-corrected chi connectivity index (χ3v) is 6.11. The van der Waals surface area contributed by atoms with Crippen molar-refractivity contribution in [2.45, 2.75) is 44.0 Å². The first kappa shape index (κ1) is 25.4. The predicted molar refractivity (Wildman–Crippen MR) is 129 cm³/mol. The highest BCUT2D eigenvalue weighted by Crippen LogP contribution is 2.23. The van der Waals surface area contributed by atoms with Crippen LogP contribution >= 0.6 is 24.0 Å². The van der Waals surface area contributed by atoms with Gasteiger partial charge in [-0.25, -0.2) is 8.42 Å². The zero-order chi connectivity index (χ0) is 20.6. The van der Waals surface area contributed by atoms with E-state index >= 15 is 0 Å². The minimum Gasteiger partial charge on any atom is -0.356 e. The minimum absolute atomic E-state index is 0. The Morgan fingerprint density at radius 3 is 2.34 bits per heavy atom. The Balaban J connectivity index is 0.00000420. The molecule has 2 aromatic rings. The van der Waals surface area contributed by atoms with Crippen LogP contribution in [-0.4, -0.2) is 50.0 Å². The molecule has 0 amide bonds. The molecule has 162 valence electrons. The second-order valence-corrected chi connectivity index (χ2v) is 9.75. The van der Waals surface area contributed by atoms with Gasteiger partial charge in [-0.3, -0.25) is 9.67 Å². The second-order valence-electron chi connectivity index (χ2n) is 7.64. The van der Waals surface area contributed by atoms with Crippen LogP contribution in [0, 0.1) is 0 Å². The SMILES string of the molecule is CN=C(NCCCn1cccn1)NCCS(=O)(=O)c1ccc(C(C)(C)C)cc1.I. The Morgan fingerprint density at radius 1 is 1.14 bits per heavy atom. The molecule has 9 heteroatoms. The molecule has 1 heterocycles. The Hall–Kier alpha value is -1.62. The molecule has 2 rings (SSSR count). The van der Waals surface area contributed by atoms with E-state index in [2.05, 4.69) is 41.5 Å². The Morgan fingerprint density at radius 2 is 1.79 bits per heavy atom. The summed E-state index contributed by atoms with van der Waals surface area (Å²) in [6, 6.07) is 9.06. The fourth-order valence-corrected chi connectivity index (χ4v) is 3.84. The maximum absolute atomic E-state index is 12.5. The van der Waals surface area contributed by atoms with E-state index < -0.39 is 9.84 Å². The zero-order valence-electron chi connectivity index (χ0n) is 17.6. The number of aromatic nitrogens is 2. The van der Waals surface area contributed by atoms with Gasteiger partial charge in [-0.15, -0.1) is 24.0 Å². The number of benzene rings is 1. The Kier molecular flexibility index (Phi) is 10.1. The molecule has 0 aliphatic heterocycles. The van der Waals surface area contributed by atoms with Crippen LogP contribution in [-0.2, 0) is 21.8 Å². The van der Waals surface area contributed by atoms with Crippen molar-refractivity contribution >= 4 is 39.8 Å². The molecule has 0 aliphatic rings. The first-order chi connectivity index (χ1) is 13.2. The van der Waals surface area contributed by atoms with E-state index in [1.165, 1.54) is 0 Å². The molecular weight excluding hydrogens is 501 g/mol. The number of rotatable bonds is 8. The number of hydrogen-bond acceptors (Lipinski definition) is 4. The molecule has 0 atom stereocenters. The number of nitrogens with one attached hydrogen (secondary N) is 2. The van der Waals surface area contributed by atoms with Crippen LogP contribution in [0.3, 0.4) is 0 Å². The van der Waals surface area contributed by atoms with Crippen LogP contribution in [0.25, 0.3) is 0 Å². The maximum Gasteiger partial charge on any atom is 0.191 e. The summed E-state index contributed by atoms with van der Waals surface area (Å²) in [5.74, 6) is 0.606. The fourth-order valence-electron chi connectivity index (χ4n) is 2.69. The maximum atomic E-state index is 12.5. The number of sulfone groups is 1.